The van der Waals surface area contributed by atoms with Crippen molar-refractivity contribution in [3.05, 3.63) is 16.3 Å². The van der Waals surface area contributed by atoms with Crippen LogP contribution in [0.15, 0.2) is 5.03 Å². The Morgan fingerprint density at radius 1 is 1.28 bits per heavy atom. The van der Waals surface area contributed by atoms with Crippen LogP contribution in [-0.4, -0.2) is 38.6 Å². The molecule has 4 nitrogen and oxygen atoms in total. The molecule has 6 heteroatoms. The number of thiophene rings is 1. The van der Waals surface area contributed by atoms with Gasteiger partial charge in [-0.2, -0.15) is 0 Å². The first-order chi connectivity index (χ1) is 8.52. The molecule has 18 heavy (non-hydrogen) atoms. The van der Waals surface area contributed by atoms with Crippen molar-refractivity contribution in [3.63, 3.8) is 0 Å². The molecule has 1 atom stereocenters. The summed E-state index contributed by atoms with van der Waals surface area (Å²) in [5.41, 5.74) is 1.20. The lowest BCUT2D eigenvalue weighted by atomic mass is 10.2. The van der Waals surface area contributed by atoms with E-state index in [9.17, 15) is 5.11 Å². The molecule has 0 bridgehead atoms. The van der Waals surface area contributed by atoms with E-state index >= 15 is 0 Å². The van der Waals surface area contributed by atoms with Gasteiger partial charge < -0.3 is 10.2 Å². The van der Waals surface area contributed by atoms with Crippen LogP contribution in [0.1, 0.15) is 16.3 Å². The second kappa shape index (κ2) is 5.52. The van der Waals surface area contributed by atoms with E-state index in [4.69, 9.17) is 5.11 Å². The van der Waals surface area contributed by atoms with Gasteiger partial charge in [-0.25, -0.2) is 9.97 Å². The van der Waals surface area contributed by atoms with Gasteiger partial charge in [-0.3, -0.25) is 0 Å². The van der Waals surface area contributed by atoms with Gasteiger partial charge in [0.2, 0.25) is 0 Å². The van der Waals surface area contributed by atoms with E-state index in [-0.39, 0.29) is 6.61 Å². The van der Waals surface area contributed by atoms with Crippen molar-refractivity contribution in [2.45, 2.75) is 31.9 Å². The molecule has 0 amide bonds. The summed E-state index contributed by atoms with van der Waals surface area (Å²) in [6.07, 6.45) is -0.708. The first-order valence-corrected chi connectivity index (χ1v) is 7.49. The fraction of sp³-hybridized carbons (Fsp3) is 0.500. The Hall–Kier alpha value is -0.690. The first kappa shape index (κ1) is 13.7. The number of aryl methyl sites for hydroxylation is 3. The summed E-state index contributed by atoms with van der Waals surface area (Å²) in [5.74, 6) is 1.18. The van der Waals surface area contributed by atoms with E-state index in [0.29, 0.717) is 5.75 Å². The topological polar surface area (TPSA) is 66.2 Å². The normalized spacial score (nSPS) is 13.2. The number of thioether (sulfide) groups is 1. The van der Waals surface area contributed by atoms with Gasteiger partial charge in [-0.15, -0.1) is 23.1 Å². The zero-order chi connectivity index (χ0) is 13.3. The Labute approximate surface area is 114 Å². The molecule has 2 aromatic rings. The maximum absolute atomic E-state index is 9.42. The number of aliphatic hydroxyl groups is 2. The minimum atomic E-state index is -0.708. The SMILES string of the molecule is Cc1nc(SCC(O)CO)c2c(C)c(C)sc2n1. The van der Waals surface area contributed by atoms with Crippen molar-refractivity contribution in [1.29, 1.82) is 0 Å². The van der Waals surface area contributed by atoms with Crippen molar-refractivity contribution in [1.82, 2.24) is 9.97 Å². The average molecular weight is 284 g/mol. The summed E-state index contributed by atoms with van der Waals surface area (Å²) in [6, 6.07) is 0. The molecule has 0 saturated heterocycles. The third-order valence-electron chi connectivity index (χ3n) is 2.73. The molecule has 2 heterocycles. The minimum absolute atomic E-state index is 0.220. The number of fused-ring (bicyclic) bond motifs is 1. The van der Waals surface area contributed by atoms with Crippen molar-refractivity contribution in [3.8, 4) is 0 Å². The highest BCUT2D eigenvalue weighted by molar-refractivity contribution is 7.99. The molecular weight excluding hydrogens is 268 g/mol. The molecule has 0 fully saturated rings. The number of nitrogens with zero attached hydrogens (tertiary/aromatic N) is 2. The summed E-state index contributed by atoms with van der Waals surface area (Å²) in [5, 5.41) is 20.2. The molecule has 0 spiro atoms. The van der Waals surface area contributed by atoms with Crippen molar-refractivity contribution >= 4 is 33.3 Å². The fourth-order valence-corrected chi connectivity index (χ4v) is 3.83. The molecule has 0 aliphatic heterocycles. The van der Waals surface area contributed by atoms with E-state index in [1.54, 1.807) is 11.3 Å². The predicted molar refractivity (Wildman–Crippen MR) is 75.4 cm³/mol. The van der Waals surface area contributed by atoms with Gasteiger partial charge in [0.25, 0.3) is 0 Å². The maximum atomic E-state index is 9.42. The van der Waals surface area contributed by atoms with Crippen molar-refractivity contribution < 1.29 is 10.2 Å². The van der Waals surface area contributed by atoms with E-state index in [0.717, 1.165) is 21.1 Å². The number of hydrogen-bond donors (Lipinski definition) is 2. The van der Waals surface area contributed by atoms with Gasteiger partial charge in [0.15, 0.2) is 0 Å². The molecule has 0 radical (unpaired) electrons. The van der Waals surface area contributed by atoms with Crippen molar-refractivity contribution in [2.24, 2.45) is 0 Å². The smallest absolute Gasteiger partial charge is 0.128 e. The van der Waals surface area contributed by atoms with E-state index in [1.165, 1.54) is 22.2 Å². The zero-order valence-corrected chi connectivity index (χ0v) is 12.2. The minimum Gasteiger partial charge on any atom is -0.394 e. The molecule has 0 aliphatic rings. The van der Waals surface area contributed by atoms with Crippen molar-refractivity contribution in [2.75, 3.05) is 12.4 Å². The fourth-order valence-electron chi connectivity index (χ4n) is 1.65. The molecule has 2 aromatic heterocycles. The van der Waals surface area contributed by atoms with Crippen LogP contribution in [0.3, 0.4) is 0 Å². The number of aromatic nitrogens is 2. The Balaban J connectivity index is 2.42. The quantitative estimate of drug-likeness (QED) is 0.664. The van der Waals surface area contributed by atoms with Crippen LogP contribution in [0.5, 0.6) is 0 Å². The zero-order valence-electron chi connectivity index (χ0n) is 10.6. The maximum Gasteiger partial charge on any atom is 0.128 e. The second-order valence-corrected chi connectivity index (χ2v) is 6.40. The first-order valence-electron chi connectivity index (χ1n) is 5.69. The molecule has 2 N–H and O–H groups in total. The van der Waals surface area contributed by atoms with Crippen LogP contribution in [0.2, 0.25) is 0 Å². The average Bonchev–Trinajstić information content (AvgIpc) is 2.61. The van der Waals surface area contributed by atoms with Crippen LogP contribution >= 0.6 is 23.1 Å². The Morgan fingerprint density at radius 3 is 2.67 bits per heavy atom. The second-order valence-electron chi connectivity index (χ2n) is 4.19. The molecule has 0 saturated carbocycles. The van der Waals surface area contributed by atoms with Crippen LogP contribution in [0.25, 0.3) is 10.2 Å². The lowest BCUT2D eigenvalue weighted by Gasteiger charge is -2.08. The standard InChI is InChI=1S/C12H16N2O2S2/c1-6-7(2)18-12-10(6)11(13-8(3)14-12)17-5-9(16)4-15/h9,15-16H,4-5H2,1-3H3. The third kappa shape index (κ3) is 2.66. The predicted octanol–water partition coefficient (Wildman–Crippen LogP) is 2.06. The Bertz CT molecular complexity index is 569. The number of hydrogen-bond acceptors (Lipinski definition) is 6. The van der Waals surface area contributed by atoms with E-state index in [1.807, 2.05) is 6.92 Å². The van der Waals surface area contributed by atoms with Crippen LogP contribution < -0.4 is 0 Å². The summed E-state index contributed by atoms with van der Waals surface area (Å²) in [7, 11) is 0. The van der Waals surface area contributed by atoms with Crippen LogP contribution in [-0.2, 0) is 0 Å². The summed E-state index contributed by atoms with van der Waals surface area (Å²) in [4.78, 5) is 11.1. The van der Waals surface area contributed by atoms with E-state index < -0.39 is 6.10 Å². The Morgan fingerprint density at radius 2 is 2.00 bits per heavy atom. The molecule has 1 unspecified atom stereocenters. The lowest BCUT2D eigenvalue weighted by Crippen LogP contribution is -2.14. The molecule has 0 aromatic carbocycles. The largest absolute Gasteiger partial charge is 0.394 e. The molecule has 98 valence electrons. The van der Waals surface area contributed by atoms with E-state index in [2.05, 4.69) is 23.8 Å². The van der Waals surface area contributed by atoms with Gasteiger partial charge in [0.1, 0.15) is 15.7 Å². The van der Waals surface area contributed by atoms with Crippen LogP contribution in [0.4, 0.5) is 0 Å². The molecular formula is C12H16N2O2S2. The van der Waals surface area contributed by atoms with Gasteiger partial charge in [-0.1, -0.05) is 0 Å². The van der Waals surface area contributed by atoms with Crippen LogP contribution in [0, 0.1) is 20.8 Å². The number of aliphatic hydroxyl groups excluding tert-OH is 2. The highest BCUT2D eigenvalue weighted by Gasteiger charge is 2.14. The summed E-state index contributed by atoms with van der Waals surface area (Å²) in [6.45, 7) is 5.80. The van der Waals surface area contributed by atoms with Gasteiger partial charge in [0.05, 0.1) is 12.7 Å². The lowest BCUT2D eigenvalue weighted by molar-refractivity contribution is 0.113. The highest BCUT2D eigenvalue weighted by Crippen LogP contribution is 2.35. The molecule has 0 aliphatic carbocycles. The highest BCUT2D eigenvalue weighted by atomic mass is 32.2. The molecule has 2 rings (SSSR count). The van der Waals surface area contributed by atoms with Gasteiger partial charge >= 0.3 is 0 Å². The van der Waals surface area contributed by atoms with Gasteiger partial charge in [0, 0.05) is 16.0 Å². The number of rotatable bonds is 4. The summed E-state index contributed by atoms with van der Waals surface area (Å²) < 4.78 is 0. The monoisotopic (exact) mass is 284 g/mol. The summed E-state index contributed by atoms with van der Waals surface area (Å²) >= 11 is 3.14. The Kier molecular flexibility index (Phi) is 4.21. The third-order valence-corrected chi connectivity index (χ3v) is 4.95. The van der Waals surface area contributed by atoms with Gasteiger partial charge in [-0.05, 0) is 26.3 Å².